The van der Waals surface area contributed by atoms with Crippen LogP contribution in [0.25, 0.3) is 5.52 Å². The number of ether oxygens (including phenoxy) is 1. The molecule has 2 saturated heterocycles. The molecule has 1 unspecified atom stereocenters. The molecule has 134 valence electrons. The van der Waals surface area contributed by atoms with E-state index in [1.165, 1.54) is 0 Å². The average molecular weight is 343 g/mol. The zero-order chi connectivity index (χ0) is 17.2. The number of carbonyl (C=O) groups excluding carboxylic acids is 1. The van der Waals surface area contributed by atoms with Crippen molar-refractivity contribution in [1.29, 1.82) is 0 Å². The highest BCUT2D eigenvalue weighted by atomic mass is 16.5. The molecule has 0 aliphatic carbocycles. The summed E-state index contributed by atoms with van der Waals surface area (Å²) in [6.45, 7) is 5.25. The number of aromatic nitrogens is 3. The highest BCUT2D eigenvalue weighted by Crippen LogP contribution is 2.29. The molecule has 0 aromatic carbocycles. The highest BCUT2D eigenvalue weighted by molar-refractivity contribution is 5.87. The van der Waals surface area contributed by atoms with Gasteiger partial charge in [0.15, 0.2) is 5.82 Å². The summed E-state index contributed by atoms with van der Waals surface area (Å²) in [7, 11) is 0. The second-order valence-electron chi connectivity index (χ2n) is 7.02. The molecule has 0 saturated carbocycles. The van der Waals surface area contributed by atoms with Crippen LogP contribution < -0.4 is 10.2 Å². The van der Waals surface area contributed by atoms with Gasteiger partial charge < -0.3 is 15.0 Å². The highest BCUT2D eigenvalue weighted by Gasteiger charge is 2.33. The lowest BCUT2D eigenvalue weighted by atomic mass is 10.0. The molecule has 4 heterocycles. The minimum Gasteiger partial charge on any atom is -0.381 e. The first-order chi connectivity index (χ1) is 12.2. The molecule has 2 aliphatic heterocycles. The van der Waals surface area contributed by atoms with E-state index in [9.17, 15) is 4.79 Å². The van der Waals surface area contributed by atoms with Gasteiger partial charge in [-0.2, -0.15) is 5.10 Å². The lowest BCUT2D eigenvalue weighted by Gasteiger charge is -2.27. The van der Waals surface area contributed by atoms with Crippen molar-refractivity contribution >= 4 is 17.2 Å². The topological polar surface area (TPSA) is 71.8 Å². The van der Waals surface area contributed by atoms with Gasteiger partial charge in [-0.3, -0.25) is 4.79 Å². The lowest BCUT2D eigenvalue weighted by Crippen LogP contribution is -2.45. The van der Waals surface area contributed by atoms with Gasteiger partial charge in [-0.05, 0) is 44.1 Å². The summed E-state index contributed by atoms with van der Waals surface area (Å²) in [5, 5.41) is 7.52. The van der Waals surface area contributed by atoms with E-state index in [2.05, 4.69) is 20.3 Å². The molecule has 0 radical (unpaired) electrons. The van der Waals surface area contributed by atoms with Crippen LogP contribution in [0, 0.1) is 12.8 Å². The zero-order valence-corrected chi connectivity index (χ0v) is 14.6. The van der Waals surface area contributed by atoms with Gasteiger partial charge in [0.25, 0.3) is 0 Å². The third kappa shape index (κ3) is 3.20. The van der Waals surface area contributed by atoms with Gasteiger partial charge in [0.1, 0.15) is 11.6 Å². The van der Waals surface area contributed by atoms with E-state index in [4.69, 9.17) is 4.74 Å². The Morgan fingerprint density at radius 3 is 3.04 bits per heavy atom. The molecule has 2 aliphatic rings. The van der Waals surface area contributed by atoms with Crippen molar-refractivity contribution in [1.82, 2.24) is 19.9 Å². The molecule has 0 bridgehead atoms. The third-order valence-corrected chi connectivity index (χ3v) is 5.33. The van der Waals surface area contributed by atoms with Gasteiger partial charge in [-0.25, -0.2) is 9.50 Å². The van der Waals surface area contributed by atoms with Crippen molar-refractivity contribution in [3.8, 4) is 0 Å². The van der Waals surface area contributed by atoms with E-state index in [1.54, 1.807) is 6.20 Å². The molecule has 2 aromatic heterocycles. The summed E-state index contributed by atoms with van der Waals surface area (Å²) < 4.78 is 7.23. The summed E-state index contributed by atoms with van der Waals surface area (Å²) in [6.07, 6.45) is 9.39. The van der Waals surface area contributed by atoms with Crippen LogP contribution in [0.1, 0.15) is 31.2 Å². The number of hydrogen-bond donors (Lipinski definition) is 1. The maximum atomic E-state index is 12.8. The van der Waals surface area contributed by atoms with Gasteiger partial charge in [0, 0.05) is 38.7 Å². The normalized spacial score (nSPS) is 21.8. The van der Waals surface area contributed by atoms with Crippen LogP contribution in [0.4, 0.5) is 5.82 Å². The first kappa shape index (κ1) is 16.3. The molecule has 0 spiro atoms. The summed E-state index contributed by atoms with van der Waals surface area (Å²) >= 11 is 0. The molecular formula is C18H25N5O2. The lowest BCUT2D eigenvalue weighted by molar-refractivity contribution is -0.122. The van der Waals surface area contributed by atoms with Crippen LogP contribution in [0.2, 0.25) is 0 Å². The van der Waals surface area contributed by atoms with Crippen molar-refractivity contribution in [2.24, 2.45) is 5.92 Å². The fraction of sp³-hybridized carbons (Fsp3) is 0.611. The standard InChI is InChI=1S/C18H25N5O2/c1-13-11-21-23-8-6-19-17(16(13)23)22-7-2-3-15(22)18(24)20-12-14-4-9-25-10-5-14/h6,8,11,14-15H,2-5,7,9-10,12H2,1H3,(H,20,24). The van der Waals surface area contributed by atoms with E-state index < -0.39 is 0 Å². The Hall–Kier alpha value is -2.15. The van der Waals surface area contributed by atoms with Crippen molar-refractivity contribution in [2.45, 2.75) is 38.6 Å². The number of carbonyl (C=O) groups is 1. The Kier molecular flexibility index (Phi) is 4.57. The van der Waals surface area contributed by atoms with Gasteiger partial charge in [-0.1, -0.05) is 0 Å². The summed E-state index contributed by atoms with van der Waals surface area (Å²) in [5.41, 5.74) is 2.07. The second-order valence-corrected chi connectivity index (χ2v) is 7.02. The minimum absolute atomic E-state index is 0.116. The molecule has 2 aromatic rings. The fourth-order valence-corrected chi connectivity index (χ4v) is 3.88. The van der Waals surface area contributed by atoms with E-state index >= 15 is 0 Å². The van der Waals surface area contributed by atoms with E-state index in [1.807, 2.05) is 23.8 Å². The molecular weight excluding hydrogens is 318 g/mol. The number of nitrogens with one attached hydrogen (secondary N) is 1. The Bertz CT molecular complexity index is 753. The molecule has 1 atom stereocenters. The van der Waals surface area contributed by atoms with E-state index in [0.717, 1.165) is 68.9 Å². The molecule has 7 nitrogen and oxygen atoms in total. The van der Waals surface area contributed by atoms with Crippen molar-refractivity contribution in [2.75, 3.05) is 31.2 Å². The number of fused-ring (bicyclic) bond motifs is 1. The molecule has 2 fully saturated rings. The molecule has 25 heavy (non-hydrogen) atoms. The van der Waals surface area contributed by atoms with Crippen LogP contribution in [0.5, 0.6) is 0 Å². The van der Waals surface area contributed by atoms with Gasteiger partial charge in [0.2, 0.25) is 5.91 Å². The average Bonchev–Trinajstić information content (AvgIpc) is 3.28. The van der Waals surface area contributed by atoms with Crippen molar-refractivity contribution < 1.29 is 9.53 Å². The van der Waals surface area contributed by atoms with Crippen molar-refractivity contribution in [3.63, 3.8) is 0 Å². The predicted octanol–water partition coefficient (Wildman–Crippen LogP) is 1.55. The number of aryl methyl sites for hydroxylation is 1. The fourth-order valence-electron chi connectivity index (χ4n) is 3.88. The van der Waals surface area contributed by atoms with Crippen LogP contribution in [0.15, 0.2) is 18.6 Å². The third-order valence-electron chi connectivity index (χ3n) is 5.33. The molecule has 1 amide bonds. The van der Waals surface area contributed by atoms with Crippen LogP contribution in [-0.2, 0) is 9.53 Å². The SMILES string of the molecule is Cc1cnn2ccnc(N3CCCC3C(=O)NCC3CCOCC3)c12. The smallest absolute Gasteiger partial charge is 0.242 e. The number of anilines is 1. The Balaban J connectivity index is 1.49. The van der Waals surface area contributed by atoms with Gasteiger partial charge in [0.05, 0.1) is 6.20 Å². The van der Waals surface area contributed by atoms with E-state index in [0.29, 0.717) is 5.92 Å². The quantitative estimate of drug-likeness (QED) is 0.912. The number of nitrogens with zero attached hydrogens (tertiary/aromatic N) is 4. The largest absolute Gasteiger partial charge is 0.381 e. The van der Waals surface area contributed by atoms with Gasteiger partial charge >= 0.3 is 0 Å². The van der Waals surface area contributed by atoms with Crippen molar-refractivity contribution in [3.05, 3.63) is 24.2 Å². The molecule has 7 heteroatoms. The Labute approximate surface area is 147 Å². The van der Waals surface area contributed by atoms with Gasteiger partial charge in [-0.15, -0.1) is 0 Å². The monoisotopic (exact) mass is 343 g/mol. The summed E-state index contributed by atoms with van der Waals surface area (Å²) in [6, 6.07) is -0.146. The zero-order valence-electron chi connectivity index (χ0n) is 14.6. The first-order valence-electron chi connectivity index (χ1n) is 9.15. The number of hydrogen-bond acceptors (Lipinski definition) is 5. The summed E-state index contributed by atoms with van der Waals surface area (Å²) in [5.74, 6) is 1.51. The number of rotatable bonds is 4. The number of amides is 1. The minimum atomic E-state index is -0.146. The predicted molar refractivity (Wildman–Crippen MR) is 94.6 cm³/mol. The summed E-state index contributed by atoms with van der Waals surface area (Å²) in [4.78, 5) is 19.5. The van der Waals surface area contributed by atoms with Crippen LogP contribution in [-0.4, -0.2) is 52.9 Å². The second kappa shape index (κ2) is 7.00. The van der Waals surface area contributed by atoms with E-state index in [-0.39, 0.29) is 11.9 Å². The molecule has 4 rings (SSSR count). The molecule has 1 N–H and O–H groups in total. The Morgan fingerprint density at radius 2 is 2.20 bits per heavy atom. The van der Waals surface area contributed by atoms with Crippen LogP contribution >= 0.6 is 0 Å². The maximum absolute atomic E-state index is 12.8. The Morgan fingerprint density at radius 1 is 1.36 bits per heavy atom. The first-order valence-corrected chi connectivity index (χ1v) is 9.15. The van der Waals surface area contributed by atoms with Crippen LogP contribution in [0.3, 0.4) is 0 Å². The maximum Gasteiger partial charge on any atom is 0.242 e.